The normalized spacial score (nSPS) is 13.8. The number of ketones is 1. The molecule has 0 unspecified atom stereocenters. The highest BCUT2D eigenvalue weighted by atomic mass is 35.5. The van der Waals surface area contributed by atoms with Gasteiger partial charge in [0.05, 0.1) is 28.5 Å². The first-order chi connectivity index (χ1) is 9.58. The highest BCUT2D eigenvalue weighted by Gasteiger charge is 2.37. The average molecular weight is 308 g/mol. The van der Waals surface area contributed by atoms with Crippen LogP contribution in [0.1, 0.15) is 16.1 Å². The maximum absolute atomic E-state index is 12.0. The lowest BCUT2D eigenvalue weighted by atomic mass is 10.1. The van der Waals surface area contributed by atoms with E-state index in [-0.39, 0.29) is 22.3 Å². The Balaban J connectivity index is 1.99. The number of Topliss-reactive ketones (excluding diaryl/α,β-unsaturated/α-hetero) is 1. The molecule has 2 aromatic rings. The zero-order valence-electron chi connectivity index (χ0n) is 10.0. The quantitative estimate of drug-likeness (QED) is 0.800. The zero-order valence-corrected chi connectivity index (χ0v) is 11.5. The van der Waals surface area contributed by atoms with Crippen molar-refractivity contribution in [2.24, 2.45) is 0 Å². The largest absolute Gasteiger partial charge is 0.299 e. The van der Waals surface area contributed by atoms with Crippen LogP contribution in [0, 0.1) is 0 Å². The molecule has 2 heterocycles. The highest BCUT2D eigenvalue weighted by molar-refractivity contribution is 6.55. The van der Waals surface area contributed by atoms with E-state index in [1.165, 1.54) is 4.90 Å². The second kappa shape index (κ2) is 4.85. The summed E-state index contributed by atoms with van der Waals surface area (Å²) in [6.45, 7) is 0.141. The molecule has 0 spiro atoms. The molecule has 1 aliphatic rings. The number of hydrogen-bond donors (Lipinski definition) is 0. The number of amides is 1. The minimum absolute atomic E-state index is 0.141. The number of hydrogen-bond acceptors (Lipinski definition) is 4. The van der Waals surface area contributed by atoms with Crippen LogP contribution < -0.4 is 4.90 Å². The molecular weight excluding hydrogens is 301 g/mol. The van der Waals surface area contributed by atoms with E-state index in [0.717, 1.165) is 0 Å². The molecule has 1 aliphatic heterocycles. The monoisotopic (exact) mass is 307 g/mol. The molecule has 1 aromatic carbocycles. The van der Waals surface area contributed by atoms with Crippen molar-refractivity contribution in [3.63, 3.8) is 0 Å². The van der Waals surface area contributed by atoms with Crippen LogP contribution in [0.3, 0.4) is 0 Å². The molecular formula is C13H7Cl2N3O2. The Morgan fingerprint density at radius 3 is 2.55 bits per heavy atom. The van der Waals surface area contributed by atoms with Gasteiger partial charge in [0.25, 0.3) is 11.7 Å². The van der Waals surface area contributed by atoms with Crippen molar-refractivity contribution >= 4 is 40.6 Å². The van der Waals surface area contributed by atoms with Gasteiger partial charge in [0, 0.05) is 0 Å². The van der Waals surface area contributed by atoms with Gasteiger partial charge in [0.1, 0.15) is 0 Å². The number of anilines is 1. The van der Waals surface area contributed by atoms with Gasteiger partial charge in [-0.3, -0.25) is 14.5 Å². The second-order valence-corrected chi connectivity index (χ2v) is 5.00. The van der Waals surface area contributed by atoms with E-state index in [4.69, 9.17) is 23.2 Å². The Labute approximate surface area is 124 Å². The third-order valence-corrected chi connectivity index (χ3v) is 3.47. The summed E-state index contributed by atoms with van der Waals surface area (Å²) >= 11 is 11.6. The number of halogens is 2. The summed E-state index contributed by atoms with van der Waals surface area (Å²) in [5.41, 5.74) is 1.26. The van der Waals surface area contributed by atoms with Crippen molar-refractivity contribution in [1.29, 1.82) is 0 Å². The third-order valence-electron chi connectivity index (χ3n) is 2.96. The van der Waals surface area contributed by atoms with Gasteiger partial charge in [-0.15, -0.1) is 5.10 Å². The molecule has 1 aromatic heterocycles. The summed E-state index contributed by atoms with van der Waals surface area (Å²) in [6.07, 6.45) is 0. The van der Waals surface area contributed by atoms with Crippen LogP contribution in [0.5, 0.6) is 0 Å². The van der Waals surface area contributed by atoms with Gasteiger partial charge in [0.15, 0.2) is 5.15 Å². The maximum Gasteiger partial charge on any atom is 0.299 e. The lowest BCUT2D eigenvalue weighted by molar-refractivity contribution is -0.114. The first kappa shape index (κ1) is 13.0. The molecule has 0 fully saturated rings. The fourth-order valence-electron chi connectivity index (χ4n) is 2.05. The molecule has 20 heavy (non-hydrogen) atoms. The molecule has 0 atom stereocenters. The van der Waals surface area contributed by atoms with Crippen LogP contribution in [-0.4, -0.2) is 21.9 Å². The number of aromatic nitrogens is 2. The average Bonchev–Trinajstić information content (AvgIpc) is 2.67. The van der Waals surface area contributed by atoms with Crippen molar-refractivity contribution in [2.45, 2.75) is 6.54 Å². The Kier molecular flexibility index (Phi) is 3.16. The van der Waals surface area contributed by atoms with Crippen molar-refractivity contribution < 1.29 is 9.59 Å². The summed E-state index contributed by atoms with van der Waals surface area (Å²) in [4.78, 5) is 25.3. The fourth-order valence-corrected chi connectivity index (χ4v) is 2.40. The molecule has 0 bridgehead atoms. The van der Waals surface area contributed by atoms with Gasteiger partial charge in [0.2, 0.25) is 0 Å². The van der Waals surface area contributed by atoms with Crippen LogP contribution in [0.15, 0.2) is 30.3 Å². The fraction of sp³-hybridized carbons (Fsp3) is 0.0769. The first-order valence-electron chi connectivity index (χ1n) is 5.71. The van der Waals surface area contributed by atoms with Gasteiger partial charge in [-0.2, -0.15) is 5.10 Å². The summed E-state index contributed by atoms with van der Waals surface area (Å²) in [5.74, 6) is -1.22. The minimum Gasteiger partial charge on any atom is -0.299 e. The van der Waals surface area contributed by atoms with Crippen LogP contribution >= 0.6 is 23.2 Å². The van der Waals surface area contributed by atoms with E-state index in [9.17, 15) is 9.59 Å². The summed E-state index contributed by atoms with van der Waals surface area (Å²) in [5, 5.41) is 8.12. The van der Waals surface area contributed by atoms with E-state index >= 15 is 0 Å². The molecule has 100 valence electrons. The molecule has 7 heteroatoms. The molecule has 0 aliphatic carbocycles. The lowest BCUT2D eigenvalue weighted by Gasteiger charge is -2.15. The highest BCUT2D eigenvalue weighted by Crippen LogP contribution is 2.34. The maximum atomic E-state index is 12.0. The SMILES string of the molecule is O=C1C(=O)N(Cc2ccc(Cl)nn2)c2cccc(Cl)c21. The third kappa shape index (κ3) is 2.05. The summed E-state index contributed by atoms with van der Waals surface area (Å²) < 4.78 is 0. The van der Waals surface area contributed by atoms with E-state index in [1.807, 2.05) is 0 Å². The van der Waals surface area contributed by atoms with Gasteiger partial charge in [-0.05, 0) is 24.3 Å². The predicted octanol–water partition coefficient (Wildman–Crippen LogP) is 2.51. The number of rotatable bonds is 2. The Bertz CT molecular complexity index is 716. The molecule has 1 amide bonds. The van der Waals surface area contributed by atoms with Gasteiger partial charge in [-0.25, -0.2) is 0 Å². The van der Waals surface area contributed by atoms with E-state index in [2.05, 4.69) is 10.2 Å². The van der Waals surface area contributed by atoms with Crippen molar-refractivity contribution in [2.75, 3.05) is 4.90 Å². The smallest absolute Gasteiger partial charge is 0.299 e. The standard InChI is InChI=1S/C13H7Cl2N3O2/c14-8-2-1-3-9-11(8)12(19)13(20)18(9)6-7-4-5-10(15)17-16-7/h1-5H,6H2. The zero-order chi connectivity index (χ0) is 14.3. The molecule has 0 saturated heterocycles. The van der Waals surface area contributed by atoms with E-state index in [1.54, 1.807) is 30.3 Å². The Morgan fingerprint density at radius 1 is 1.05 bits per heavy atom. The van der Waals surface area contributed by atoms with Gasteiger partial charge < -0.3 is 0 Å². The van der Waals surface area contributed by atoms with Crippen molar-refractivity contribution in [3.8, 4) is 0 Å². The number of carbonyl (C=O) groups excluding carboxylic acids is 2. The molecule has 3 rings (SSSR count). The second-order valence-electron chi connectivity index (χ2n) is 4.20. The van der Waals surface area contributed by atoms with E-state index < -0.39 is 11.7 Å². The molecule has 0 saturated carbocycles. The Hall–Kier alpha value is -1.98. The molecule has 0 N–H and O–H groups in total. The lowest BCUT2D eigenvalue weighted by Crippen LogP contribution is -2.29. The topological polar surface area (TPSA) is 63.2 Å². The number of carbonyl (C=O) groups is 2. The van der Waals surface area contributed by atoms with Crippen LogP contribution in [-0.2, 0) is 11.3 Å². The van der Waals surface area contributed by atoms with Crippen LogP contribution in [0.2, 0.25) is 10.2 Å². The van der Waals surface area contributed by atoms with E-state index in [0.29, 0.717) is 11.4 Å². The van der Waals surface area contributed by atoms with Crippen LogP contribution in [0.25, 0.3) is 0 Å². The van der Waals surface area contributed by atoms with Gasteiger partial charge in [-0.1, -0.05) is 29.3 Å². The summed E-state index contributed by atoms with van der Waals surface area (Å²) in [6, 6.07) is 8.17. The first-order valence-corrected chi connectivity index (χ1v) is 6.46. The minimum atomic E-state index is -0.621. The number of nitrogens with zero attached hydrogens (tertiary/aromatic N) is 3. The summed E-state index contributed by atoms with van der Waals surface area (Å²) in [7, 11) is 0. The molecule has 0 radical (unpaired) electrons. The number of benzene rings is 1. The molecule has 5 nitrogen and oxygen atoms in total. The number of fused-ring (bicyclic) bond motifs is 1. The Morgan fingerprint density at radius 2 is 1.85 bits per heavy atom. The van der Waals surface area contributed by atoms with Crippen LogP contribution in [0.4, 0.5) is 5.69 Å². The van der Waals surface area contributed by atoms with Crippen molar-refractivity contribution in [1.82, 2.24) is 10.2 Å². The van der Waals surface area contributed by atoms with Crippen molar-refractivity contribution in [3.05, 3.63) is 51.8 Å². The predicted molar refractivity (Wildman–Crippen MR) is 74.0 cm³/mol. The van der Waals surface area contributed by atoms with Gasteiger partial charge >= 0.3 is 0 Å².